The number of hydrogen-bond donors (Lipinski definition) is 0. The van der Waals surface area contributed by atoms with Gasteiger partial charge in [-0.3, -0.25) is 4.21 Å². The summed E-state index contributed by atoms with van der Waals surface area (Å²) in [4.78, 5) is 6.29. The zero-order chi connectivity index (χ0) is 23.0. The van der Waals surface area contributed by atoms with Crippen LogP contribution in [0.3, 0.4) is 0 Å². The topological polar surface area (TPSA) is 47.9 Å². The van der Waals surface area contributed by atoms with E-state index in [2.05, 4.69) is 12.1 Å². The maximum absolute atomic E-state index is 12.5. The molecule has 1 fully saturated rings. The number of benzene rings is 1. The lowest BCUT2D eigenvalue weighted by molar-refractivity contribution is 0.169. The maximum atomic E-state index is 12.5. The van der Waals surface area contributed by atoms with Crippen LogP contribution < -0.4 is 4.74 Å². The molecule has 32 heavy (non-hydrogen) atoms. The second kappa shape index (κ2) is 16.3. The van der Waals surface area contributed by atoms with E-state index in [0.29, 0.717) is 12.5 Å². The van der Waals surface area contributed by atoms with E-state index in [-0.39, 0.29) is 0 Å². The molecule has 1 aromatic rings. The quantitative estimate of drug-likeness (QED) is 0.148. The molecule has 1 saturated carbocycles. The Hall–Kier alpha value is -1.33. The molecule has 1 unspecified atom stereocenters. The van der Waals surface area contributed by atoms with Gasteiger partial charge in [0.05, 0.1) is 23.6 Å². The van der Waals surface area contributed by atoms with Crippen molar-refractivity contribution < 1.29 is 13.8 Å². The Balaban J connectivity index is 1.59. The molecule has 0 amide bonds. The first-order chi connectivity index (χ1) is 15.7. The molecule has 1 aliphatic carbocycles. The third kappa shape index (κ3) is 10.1. The zero-order valence-corrected chi connectivity index (χ0v) is 21.3. The normalized spacial score (nSPS) is 20.4. The SMILES string of the molecule is CCCC(=NOCC=CCl)C1CCC(CCCCCCS(=O)c2cccc(OC)c2)CC1. The number of ether oxygens (including phenoxy) is 1. The summed E-state index contributed by atoms with van der Waals surface area (Å²) in [5, 5.41) is 4.42. The molecule has 0 bridgehead atoms. The Morgan fingerprint density at radius 2 is 1.97 bits per heavy atom. The predicted octanol–water partition coefficient (Wildman–Crippen LogP) is 7.48. The molecule has 0 N–H and O–H groups in total. The van der Waals surface area contributed by atoms with Gasteiger partial charge in [0.2, 0.25) is 0 Å². The van der Waals surface area contributed by atoms with Crippen LogP contribution in [0.5, 0.6) is 5.75 Å². The van der Waals surface area contributed by atoms with Crippen LogP contribution in [0.2, 0.25) is 0 Å². The summed E-state index contributed by atoms with van der Waals surface area (Å²) in [7, 11) is 0.711. The van der Waals surface area contributed by atoms with Crippen LogP contribution in [-0.2, 0) is 15.6 Å². The van der Waals surface area contributed by atoms with E-state index in [9.17, 15) is 4.21 Å². The molecule has 1 atom stereocenters. The van der Waals surface area contributed by atoms with Crippen molar-refractivity contribution in [1.29, 1.82) is 0 Å². The van der Waals surface area contributed by atoms with Gasteiger partial charge in [-0.05, 0) is 68.7 Å². The van der Waals surface area contributed by atoms with E-state index in [4.69, 9.17) is 21.2 Å². The second-order valence-electron chi connectivity index (χ2n) is 8.64. The largest absolute Gasteiger partial charge is 0.497 e. The molecule has 0 spiro atoms. The number of unbranched alkanes of at least 4 members (excludes halogenated alkanes) is 3. The fraction of sp³-hybridized carbons (Fsp3) is 0.654. The summed E-state index contributed by atoms with van der Waals surface area (Å²) in [5.41, 5.74) is 2.71. The Labute approximate surface area is 202 Å². The fourth-order valence-corrected chi connectivity index (χ4v) is 5.70. The molecule has 0 heterocycles. The van der Waals surface area contributed by atoms with Crippen LogP contribution in [0.25, 0.3) is 0 Å². The smallest absolute Gasteiger partial charge is 0.136 e. The number of rotatable bonds is 15. The molecule has 0 aliphatic heterocycles. The summed E-state index contributed by atoms with van der Waals surface area (Å²) >= 11 is 5.53. The lowest BCUT2D eigenvalue weighted by Gasteiger charge is -2.29. The first-order valence-corrected chi connectivity index (χ1v) is 13.9. The molecule has 1 aliphatic rings. The minimum absolute atomic E-state index is 0.444. The lowest BCUT2D eigenvalue weighted by atomic mass is 9.77. The van der Waals surface area contributed by atoms with Crippen molar-refractivity contribution in [3.05, 3.63) is 35.9 Å². The molecule has 0 saturated heterocycles. The summed E-state index contributed by atoms with van der Waals surface area (Å²) in [5.74, 6) is 2.94. The predicted molar refractivity (Wildman–Crippen MR) is 136 cm³/mol. The highest BCUT2D eigenvalue weighted by Crippen LogP contribution is 2.33. The van der Waals surface area contributed by atoms with Gasteiger partial charge in [0.1, 0.15) is 12.4 Å². The van der Waals surface area contributed by atoms with Crippen molar-refractivity contribution in [2.45, 2.75) is 82.4 Å². The van der Waals surface area contributed by atoms with Gasteiger partial charge in [0.25, 0.3) is 0 Å². The summed E-state index contributed by atoms with van der Waals surface area (Å²) < 4.78 is 17.7. The van der Waals surface area contributed by atoms with E-state index < -0.39 is 10.8 Å². The van der Waals surface area contributed by atoms with Crippen molar-refractivity contribution in [3.63, 3.8) is 0 Å². The number of oxime groups is 1. The van der Waals surface area contributed by atoms with Gasteiger partial charge in [-0.2, -0.15) is 0 Å². The highest BCUT2D eigenvalue weighted by molar-refractivity contribution is 7.85. The summed E-state index contributed by atoms with van der Waals surface area (Å²) in [6, 6.07) is 7.60. The number of methoxy groups -OCH3 is 1. The summed E-state index contributed by atoms with van der Waals surface area (Å²) in [6.45, 7) is 2.64. The van der Waals surface area contributed by atoms with E-state index in [1.54, 1.807) is 13.2 Å². The number of halogens is 1. The molecule has 2 rings (SSSR count). The van der Waals surface area contributed by atoms with Crippen molar-refractivity contribution in [2.24, 2.45) is 17.0 Å². The minimum atomic E-state index is -0.931. The van der Waals surface area contributed by atoms with Gasteiger partial charge < -0.3 is 9.57 Å². The van der Waals surface area contributed by atoms with Gasteiger partial charge in [0.15, 0.2) is 0 Å². The first-order valence-electron chi connectivity index (χ1n) is 12.1. The summed E-state index contributed by atoms with van der Waals surface area (Å²) in [6.07, 6.45) is 15.0. The highest BCUT2D eigenvalue weighted by Gasteiger charge is 2.24. The van der Waals surface area contributed by atoms with E-state index in [0.717, 1.165) is 48.0 Å². The van der Waals surface area contributed by atoms with Crippen LogP contribution >= 0.6 is 11.6 Å². The van der Waals surface area contributed by atoms with Crippen LogP contribution in [-0.4, -0.2) is 29.4 Å². The molecule has 4 nitrogen and oxygen atoms in total. The van der Waals surface area contributed by atoms with Gasteiger partial charge >= 0.3 is 0 Å². The van der Waals surface area contributed by atoms with Gasteiger partial charge in [-0.1, -0.05) is 61.9 Å². The number of nitrogens with zero attached hydrogens (tertiary/aromatic N) is 1. The van der Waals surface area contributed by atoms with Gasteiger partial charge in [-0.25, -0.2) is 0 Å². The first kappa shape index (κ1) is 26.9. The Bertz CT molecular complexity index is 730. The third-order valence-electron chi connectivity index (χ3n) is 6.26. The third-order valence-corrected chi connectivity index (χ3v) is 7.88. The van der Waals surface area contributed by atoms with Gasteiger partial charge in [-0.15, -0.1) is 0 Å². The van der Waals surface area contributed by atoms with Crippen LogP contribution in [0.15, 0.2) is 45.9 Å². The average molecular weight is 482 g/mol. The molecule has 6 heteroatoms. The van der Waals surface area contributed by atoms with Crippen molar-refractivity contribution in [2.75, 3.05) is 19.5 Å². The molecule has 1 aromatic carbocycles. The standard InChI is InChI=1S/C26H40ClNO3S/c1-3-10-26(28-31-19-9-18-27)23-16-14-22(15-17-23)11-6-4-5-7-20-32(29)25-13-8-12-24(21-25)30-2/h8-9,12-13,18,21-23H,3-7,10-11,14-17,19-20H2,1-2H3. The molecule has 0 radical (unpaired) electrons. The van der Waals surface area contributed by atoms with E-state index in [1.165, 1.54) is 56.2 Å². The number of hydrogen-bond acceptors (Lipinski definition) is 4. The van der Waals surface area contributed by atoms with Crippen LogP contribution in [0.4, 0.5) is 0 Å². The Kier molecular flexibility index (Phi) is 13.7. The average Bonchev–Trinajstić information content (AvgIpc) is 2.83. The molecule has 0 aromatic heterocycles. The minimum Gasteiger partial charge on any atom is -0.497 e. The lowest BCUT2D eigenvalue weighted by Crippen LogP contribution is -2.22. The Morgan fingerprint density at radius 1 is 1.19 bits per heavy atom. The van der Waals surface area contributed by atoms with Crippen LogP contribution in [0.1, 0.15) is 77.6 Å². The highest BCUT2D eigenvalue weighted by atomic mass is 35.5. The van der Waals surface area contributed by atoms with Crippen molar-refractivity contribution in [3.8, 4) is 5.75 Å². The van der Waals surface area contributed by atoms with Crippen molar-refractivity contribution >= 4 is 28.1 Å². The van der Waals surface area contributed by atoms with E-state index >= 15 is 0 Å². The Morgan fingerprint density at radius 3 is 2.69 bits per heavy atom. The molecular weight excluding hydrogens is 442 g/mol. The molecule has 180 valence electrons. The maximum Gasteiger partial charge on any atom is 0.136 e. The molecular formula is C26H40ClNO3S. The zero-order valence-electron chi connectivity index (χ0n) is 19.8. The van der Waals surface area contributed by atoms with Gasteiger partial charge in [0, 0.05) is 22.1 Å². The second-order valence-corrected chi connectivity index (χ2v) is 10.5. The van der Waals surface area contributed by atoms with E-state index in [1.807, 2.05) is 24.3 Å². The fourth-order valence-electron chi connectivity index (χ4n) is 4.44. The monoisotopic (exact) mass is 481 g/mol. The van der Waals surface area contributed by atoms with Crippen molar-refractivity contribution in [1.82, 2.24) is 0 Å². The van der Waals surface area contributed by atoms with Crippen LogP contribution in [0, 0.1) is 11.8 Å².